The lowest BCUT2D eigenvalue weighted by atomic mass is 10.1. The number of aromatic nitrogens is 1. The molecule has 0 atom stereocenters. The molecule has 0 bridgehead atoms. The first kappa shape index (κ1) is 16.1. The van der Waals surface area contributed by atoms with Gasteiger partial charge in [0.1, 0.15) is 6.54 Å². The lowest BCUT2D eigenvalue weighted by Crippen LogP contribution is -2.36. The van der Waals surface area contributed by atoms with Crippen molar-refractivity contribution in [3.8, 4) is 0 Å². The fourth-order valence-corrected chi connectivity index (χ4v) is 2.47. The van der Waals surface area contributed by atoms with E-state index in [4.69, 9.17) is 4.74 Å². The summed E-state index contributed by atoms with van der Waals surface area (Å²) in [6.07, 6.45) is 0. The van der Waals surface area contributed by atoms with Gasteiger partial charge in [0.05, 0.1) is 6.61 Å². The smallest absolute Gasteiger partial charge is 0.325 e. The number of fused-ring (bicyclic) bond motifs is 1. The third-order valence-corrected chi connectivity index (χ3v) is 3.85. The van der Waals surface area contributed by atoms with E-state index in [1.54, 1.807) is 13.0 Å². The van der Waals surface area contributed by atoms with E-state index in [-0.39, 0.29) is 18.4 Å². The Morgan fingerprint density at radius 2 is 1.95 bits per heavy atom. The molecule has 2 aromatic rings. The summed E-state index contributed by atoms with van der Waals surface area (Å²) in [5, 5.41) is 1.04. The number of benzene rings is 1. The van der Waals surface area contributed by atoms with Crippen molar-refractivity contribution in [2.45, 2.75) is 27.7 Å². The molecule has 0 unspecified atom stereocenters. The maximum atomic E-state index is 12.6. The van der Waals surface area contributed by atoms with Crippen LogP contribution in [0.5, 0.6) is 0 Å². The molecule has 1 amide bonds. The Hall–Kier alpha value is -2.30. The monoisotopic (exact) mass is 302 g/mol. The van der Waals surface area contributed by atoms with Gasteiger partial charge in [0.15, 0.2) is 0 Å². The summed E-state index contributed by atoms with van der Waals surface area (Å²) >= 11 is 0. The number of H-pyrrole nitrogens is 1. The molecule has 0 aliphatic heterocycles. The predicted octanol–water partition coefficient (Wildman–Crippen LogP) is 2.81. The highest BCUT2D eigenvalue weighted by atomic mass is 16.5. The number of likely N-dealkylation sites (N-methyl/N-ethyl adjacent to an activating group) is 1. The van der Waals surface area contributed by atoms with E-state index < -0.39 is 0 Å². The molecular weight excluding hydrogens is 280 g/mol. The summed E-state index contributed by atoms with van der Waals surface area (Å²) in [7, 11) is 0. The Kier molecular flexibility index (Phi) is 4.85. The largest absolute Gasteiger partial charge is 0.465 e. The first-order valence-electron chi connectivity index (χ1n) is 7.51. The highest BCUT2D eigenvalue weighted by Crippen LogP contribution is 2.23. The lowest BCUT2D eigenvalue weighted by Gasteiger charge is -2.19. The molecule has 0 spiro atoms. The molecule has 1 N–H and O–H groups in total. The fourth-order valence-electron chi connectivity index (χ4n) is 2.47. The van der Waals surface area contributed by atoms with E-state index in [1.807, 2.05) is 32.9 Å². The van der Waals surface area contributed by atoms with Crippen molar-refractivity contribution in [2.75, 3.05) is 19.7 Å². The van der Waals surface area contributed by atoms with Gasteiger partial charge in [-0.2, -0.15) is 0 Å². The van der Waals surface area contributed by atoms with Crippen LogP contribution in [0.2, 0.25) is 0 Å². The number of hydrogen-bond acceptors (Lipinski definition) is 3. The number of ether oxygens (including phenoxy) is 1. The zero-order valence-electron chi connectivity index (χ0n) is 13.5. The van der Waals surface area contributed by atoms with Crippen LogP contribution in [0.3, 0.4) is 0 Å². The quantitative estimate of drug-likeness (QED) is 0.864. The summed E-state index contributed by atoms with van der Waals surface area (Å²) in [6.45, 7) is 8.39. The molecule has 0 aliphatic rings. The topological polar surface area (TPSA) is 62.4 Å². The van der Waals surface area contributed by atoms with Crippen molar-refractivity contribution < 1.29 is 14.3 Å². The Morgan fingerprint density at radius 3 is 2.59 bits per heavy atom. The number of amides is 1. The number of nitrogens with one attached hydrogen (secondary N) is 1. The summed E-state index contributed by atoms with van der Waals surface area (Å²) in [5.74, 6) is -0.539. The van der Waals surface area contributed by atoms with Gasteiger partial charge in [0.2, 0.25) is 0 Å². The Morgan fingerprint density at radius 1 is 1.23 bits per heavy atom. The summed E-state index contributed by atoms with van der Waals surface area (Å²) in [6, 6.07) is 5.57. The molecule has 1 heterocycles. The SMILES string of the molecule is CCOC(=O)CN(CC)C(=O)c1ccc2[nH]c(C)c(C)c2c1. The van der Waals surface area contributed by atoms with Gasteiger partial charge in [0, 0.05) is 28.7 Å². The number of aromatic amines is 1. The molecule has 1 aromatic heterocycles. The van der Waals surface area contributed by atoms with Crippen molar-refractivity contribution >= 4 is 22.8 Å². The van der Waals surface area contributed by atoms with E-state index in [1.165, 1.54) is 4.90 Å². The number of esters is 1. The molecule has 2 rings (SSSR count). The van der Waals surface area contributed by atoms with E-state index in [2.05, 4.69) is 4.98 Å². The zero-order valence-corrected chi connectivity index (χ0v) is 13.5. The van der Waals surface area contributed by atoms with Crippen LogP contribution in [0.4, 0.5) is 0 Å². The summed E-state index contributed by atoms with van der Waals surface area (Å²) < 4.78 is 4.92. The third kappa shape index (κ3) is 3.13. The van der Waals surface area contributed by atoms with Gasteiger partial charge in [-0.15, -0.1) is 0 Å². The van der Waals surface area contributed by atoms with Crippen molar-refractivity contribution in [2.24, 2.45) is 0 Å². The first-order chi connectivity index (χ1) is 10.5. The number of rotatable bonds is 5. The number of aryl methyl sites for hydroxylation is 2. The predicted molar refractivity (Wildman–Crippen MR) is 86.0 cm³/mol. The van der Waals surface area contributed by atoms with E-state index in [9.17, 15) is 9.59 Å². The normalized spacial score (nSPS) is 10.7. The van der Waals surface area contributed by atoms with Gasteiger partial charge in [-0.3, -0.25) is 9.59 Å². The second kappa shape index (κ2) is 6.64. The highest BCUT2D eigenvalue weighted by molar-refractivity contribution is 6.00. The van der Waals surface area contributed by atoms with Crippen LogP contribution < -0.4 is 0 Å². The zero-order chi connectivity index (χ0) is 16.3. The molecule has 5 heteroatoms. The molecule has 0 saturated heterocycles. The van der Waals surface area contributed by atoms with E-state index in [0.29, 0.717) is 18.7 Å². The molecular formula is C17H22N2O3. The standard InChI is InChI=1S/C17H22N2O3/c1-5-19(10-16(20)22-6-2)17(21)13-7-8-15-14(9-13)11(3)12(4)18-15/h7-9,18H,5-6,10H2,1-4H3. The maximum Gasteiger partial charge on any atom is 0.325 e. The molecule has 118 valence electrons. The van der Waals surface area contributed by atoms with E-state index >= 15 is 0 Å². The molecule has 0 saturated carbocycles. The lowest BCUT2D eigenvalue weighted by molar-refractivity contribution is -0.143. The molecule has 22 heavy (non-hydrogen) atoms. The van der Waals surface area contributed by atoms with Gasteiger partial charge in [-0.25, -0.2) is 0 Å². The average Bonchev–Trinajstić information content (AvgIpc) is 2.79. The minimum Gasteiger partial charge on any atom is -0.465 e. The molecule has 0 radical (unpaired) electrons. The third-order valence-electron chi connectivity index (χ3n) is 3.85. The first-order valence-corrected chi connectivity index (χ1v) is 7.51. The van der Waals surface area contributed by atoms with Gasteiger partial charge in [-0.05, 0) is 51.5 Å². The van der Waals surface area contributed by atoms with Crippen LogP contribution in [0, 0.1) is 13.8 Å². The van der Waals surface area contributed by atoms with Gasteiger partial charge < -0.3 is 14.6 Å². The second-order valence-electron chi connectivity index (χ2n) is 5.26. The van der Waals surface area contributed by atoms with Gasteiger partial charge >= 0.3 is 5.97 Å². The number of carbonyl (C=O) groups is 2. The van der Waals surface area contributed by atoms with Crippen LogP contribution in [-0.2, 0) is 9.53 Å². The fraction of sp³-hybridized carbons (Fsp3) is 0.412. The summed E-state index contributed by atoms with van der Waals surface area (Å²) in [4.78, 5) is 29.0. The van der Waals surface area contributed by atoms with Crippen LogP contribution in [-0.4, -0.2) is 41.5 Å². The number of carbonyl (C=O) groups excluding carboxylic acids is 2. The highest BCUT2D eigenvalue weighted by Gasteiger charge is 2.19. The van der Waals surface area contributed by atoms with Crippen molar-refractivity contribution in [3.05, 3.63) is 35.0 Å². The average molecular weight is 302 g/mol. The van der Waals surface area contributed by atoms with Crippen LogP contribution in [0.25, 0.3) is 10.9 Å². The molecule has 5 nitrogen and oxygen atoms in total. The second-order valence-corrected chi connectivity index (χ2v) is 5.26. The van der Waals surface area contributed by atoms with Crippen molar-refractivity contribution in [1.82, 2.24) is 9.88 Å². The van der Waals surface area contributed by atoms with Gasteiger partial charge in [-0.1, -0.05) is 0 Å². The minimum atomic E-state index is -0.382. The maximum absolute atomic E-state index is 12.6. The van der Waals surface area contributed by atoms with Crippen LogP contribution in [0.1, 0.15) is 35.5 Å². The Balaban J connectivity index is 2.27. The number of hydrogen-bond donors (Lipinski definition) is 1. The van der Waals surface area contributed by atoms with Crippen molar-refractivity contribution in [3.63, 3.8) is 0 Å². The molecule has 1 aromatic carbocycles. The van der Waals surface area contributed by atoms with Crippen molar-refractivity contribution in [1.29, 1.82) is 0 Å². The van der Waals surface area contributed by atoms with Crippen LogP contribution in [0.15, 0.2) is 18.2 Å². The Bertz CT molecular complexity index is 703. The minimum absolute atomic E-state index is 0.0215. The number of nitrogens with zero attached hydrogens (tertiary/aromatic N) is 1. The molecule has 0 fully saturated rings. The molecule has 0 aliphatic carbocycles. The van der Waals surface area contributed by atoms with Crippen LogP contribution >= 0.6 is 0 Å². The van der Waals surface area contributed by atoms with Gasteiger partial charge in [0.25, 0.3) is 5.91 Å². The summed E-state index contributed by atoms with van der Waals surface area (Å²) in [5.41, 5.74) is 3.83. The van der Waals surface area contributed by atoms with E-state index in [0.717, 1.165) is 22.2 Å². The Labute approximate surface area is 130 Å².